The molecule has 0 amide bonds. The smallest absolute Gasteiger partial charge is 0.497 e. The Labute approximate surface area is 157 Å². The summed E-state index contributed by atoms with van der Waals surface area (Å²) < 4.78 is 29.5. The van der Waals surface area contributed by atoms with Crippen molar-refractivity contribution in [1.29, 1.82) is 0 Å². The van der Waals surface area contributed by atoms with Crippen molar-refractivity contribution >= 4 is 12.6 Å². The lowest BCUT2D eigenvalue weighted by Gasteiger charge is -2.32. The highest BCUT2D eigenvalue weighted by Gasteiger charge is 2.52. The molecule has 2 aliphatic heterocycles. The standard InChI is InChI=1S/C20H31BO5/c1-19(2)20(3,4)26-21(25-19)17-12-15(9-10-18(17)22-5)13-23-14-16-8-6-7-11-24-16/h9-10,12,16H,6-8,11,13-14H2,1-5H3. The zero-order valence-corrected chi connectivity index (χ0v) is 16.7. The second-order valence-electron chi connectivity index (χ2n) is 8.17. The van der Waals surface area contributed by atoms with Gasteiger partial charge >= 0.3 is 7.12 Å². The summed E-state index contributed by atoms with van der Waals surface area (Å²) in [5.74, 6) is 0.767. The van der Waals surface area contributed by atoms with Gasteiger partial charge in [-0.05, 0) is 58.6 Å². The highest BCUT2D eigenvalue weighted by molar-refractivity contribution is 6.63. The fourth-order valence-electron chi connectivity index (χ4n) is 3.27. The Hall–Kier alpha value is -1.08. The number of hydrogen-bond acceptors (Lipinski definition) is 5. The van der Waals surface area contributed by atoms with Crippen LogP contribution in [0.4, 0.5) is 0 Å². The topological polar surface area (TPSA) is 46.2 Å². The van der Waals surface area contributed by atoms with Crippen molar-refractivity contribution in [3.63, 3.8) is 0 Å². The van der Waals surface area contributed by atoms with Gasteiger partial charge < -0.3 is 23.5 Å². The third-order valence-electron chi connectivity index (χ3n) is 5.65. The van der Waals surface area contributed by atoms with Crippen LogP contribution in [0.15, 0.2) is 18.2 Å². The Bertz CT molecular complexity index is 594. The lowest BCUT2D eigenvalue weighted by Crippen LogP contribution is -2.41. The molecule has 2 aliphatic rings. The van der Waals surface area contributed by atoms with E-state index >= 15 is 0 Å². The summed E-state index contributed by atoms with van der Waals surface area (Å²) in [7, 11) is 1.22. The predicted octanol–water partition coefficient (Wildman–Crippen LogP) is 3.08. The van der Waals surface area contributed by atoms with Gasteiger partial charge in [0.2, 0.25) is 0 Å². The predicted molar refractivity (Wildman–Crippen MR) is 102 cm³/mol. The molecule has 0 aliphatic carbocycles. The van der Waals surface area contributed by atoms with Crippen LogP contribution in [0.2, 0.25) is 0 Å². The van der Waals surface area contributed by atoms with Gasteiger partial charge in [-0.3, -0.25) is 0 Å². The average Bonchev–Trinajstić information content (AvgIpc) is 2.83. The molecule has 1 aromatic rings. The van der Waals surface area contributed by atoms with Gasteiger partial charge in [0.1, 0.15) is 5.75 Å². The molecule has 0 saturated carbocycles. The molecule has 3 rings (SSSR count). The Morgan fingerprint density at radius 3 is 2.46 bits per heavy atom. The number of benzene rings is 1. The first kappa shape index (κ1) is 19.7. The minimum Gasteiger partial charge on any atom is -0.497 e. The molecular formula is C20H31BO5. The second kappa shape index (κ2) is 7.89. The molecule has 0 N–H and O–H groups in total. The van der Waals surface area contributed by atoms with E-state index in [0.29, 0.717) is 13.2 Å². The van der Waals surface area contributed by atoms with E-state index in [2.05, 4.69) is 33.8 Å². The monoisotopic (exact) mass is 362 g/mol. The van der Waals surface area contributed by atoms with Gasteiger partial charge in [0.15, 0.2) is 0 Å². The summed E-state index contributed by atoms with van der Waals surface area (Å²) in [6.07, 6.45) is 3.70. The maximum atomic E-state index is 6.18. The van der Waals surface area contributed by atoms with Crippen LogP contribution < -0.4 is 10.2 Å². The van der Waals surface area contributed by atoms with Crippen molar-refractivity contribution in [1.82, 2.24) is 0 Å². The molecule has 0 radical (unpaired) electrons. The molecule has 2 heterocycles. The van der Waals surface area contributed by atoms with E-state index in [0.717, 1.165) is 36.2 Å². The highest BCUT2D eigenvalue weighted by Crippen LogP contribution is 2.37. The maximum absolute atomic E-state index is 6.18. The van der Waals surface area contributed by atoms with Crippen molar-refractivity contribution in [2.75, 3.05) is 20.3 Å². The van der Waals surface area contributed by atoms with E-state index in [9.17, 15) is 0 Å². The average molecular weight is 362 g/mol. The summed E-state index contributed by atoms with van der Waals surface area (Å²) in [4.78, 5) is 0. The van der Waals surface area contributed by atoms with Crippen LogP contribution >= 0.6 is 0 Å². The van der Waals surface area contributed by atoms with Gasteiger partial charge in [0.05, 0.1) is 37.6 Å². The first-order chi connectivity index (χ1) is 12.3. The van der Waals surface area contributed by atoms with Crippen molar-refractivity contribution in [2.24, 2.45) is 0 Å². The Kier molecular flexibility index (Phi) is 5.97. The van der Waals surface area contributed by atoms with Crippen LogP contribution in [0.25, 0.3) is 0 Å². The van der Waals surface area contributed by atoms with Gasteiger partial charge in [-0.15, -0.1) is 0 Å². The second-order valence-corrected chi connectivity index (χ2v) is 8.17. The quantitative estimate of drug-likeness (QED) is 0.728. The summed E-state index contributed by atoms with van der Waals surface area (Å²) in [5, 5.41) is 0. The lowest BCUT2D eigenvalue weighted by molar-refractivity contribution is -0.0447. The van der Waals surface area contributed by atoms with Gasteiger partial charge in [0.25, 0.3) is 0 Å². The largest absolute Gasteiger partial charge is 0.498 e. The zero-order valence-electron chi connectivity index (χ0n) is 16.7. The number of ether oxygens (including phenoxy) is 3. The SMILES string of the molecule is COc1ccc(COCC2CCCCO2)cc1B1OC(C)(C)C(C)(C)O1. The van der Waals surface area contributed by atoms with Crippen molar-refractivity contribution in [3.05, 3.63) is 23.8 Å². The van der Waals surface area contributed by atoms with Crippen molar-refractivity contribution in [2.45, 2.75) is 70.9 Å². The number of methoxy groups -OCH3 is 1. The molecule has 0 spiro atoms. The molecule has 2 saturated heterocycles. The fraction of sp³-hybridized carbons (Fsp3) is 0.700. The van der Waals surface area contributed by atoms with E-state index in [4.69, 9.17) is 23.5 Å². The third-order valence-corrected chi connectivity index (χ3v) is 5.65. The van der Waals surface area contributed by atoms with E-state index < -0.39 is 7.12 Å². The van der Waals surface area contributed by atoms with Crippen LogP contribution in [0.3, 0.4) is 0 Å². The minimum absolute atomic E-state index is 0.226. The minimum atomic E-state index is -0.448. The van der Waals surface area contributed by atoms with Crippen LogP contribution in [0, 0.1) is 0 Å². The fourth-order valence-corrected chi connectivity index (χ4v) is 3.27. The summed E-state index contributed by atoms with van der Waals surface area (Å²) in [6, 6.07) is 6.04. The van der Waals surface area contributed by atoms with Crippen LogP contribution in [0.1, 0.15) is 52.5 Å². The molecule has 26 heavy (non-hydrogen) atoms. The molecular weight excluding hydrogens is 331 g/mol. The van der Waals surface area contributed by atoms with Gasteiger partial charge in [-0.1, -0.05) is 12.1 Å². The molecule has 0 aromatic heterocycles. The maximum Gasteiger partial charge on any atom is 0.498 e. The van der Waals surface area contributed by atoms with Crippen LogP contribution in [-0.4, -0.2) is 44.7 Å². The van der Waals surface area contributed by atoms with Gasteiger partial charge in [-0.2, -0.15) is 0 Å². The van der Waals surface area contributed by atoms with E-state index in [1.807, 2.05) is 12.1 Å². The van der Waals surface area contributed by atoms with Gasteiger partial charge in [0, 0.05) is 12.1 Å². The van der Waals surface area contributed by atoms with E-state index in [-0.39, 0.29) is 17.3 Å². The molecule has 1 unspecified atom stereocenters. The molecule has 1 atom stereocenters. The molecule has 2 fully saturated rings. The number of rotatable bonds is 6. The molecule has 6 heteroatoms. The summed E-state index contributed by atoms with van der Waals surface area (Å²) in [5.41, 5.74) is 1.22. The first-order valence-corrected chi connectivity index (χ1v) is 9.54. The third kappa shape index (κ3) is 4.25. The highest BCUT2D eigenvalue weighted by atomic mass is 16.7. The first-order valence-electron chi connectivity index (χ1n) is 9.54. The molecule has 5 nitrogen and oxygen atoms in total. The molecule has 1 aromatic carbocycles. The van der Waals surface area contributed by atoms with Crippen LogP contribution in [0.5, 0.6) is 5.75 Å². The summed E-state index contributed by atoms with van der Waals surface area (Å²) in [6.45, 7) is 10.2. The van der Waals surface area contributed by atoms with E-state index in [1.165, 1.54) is 6.42 Å². The Morgan fingerprint density at radius 1 is 1.12 bits per heavy atom. The van der Waals surface area contributed by atoms with Crippen molar-refractivity contribution in [3.8, 4) is 5.75 Å². The lowest BCUT2D eigenvalue weighted by atomic mass is 9.77. The normalized spacial score (nSPS) is 24.7. The zero-order chi connectivity index (χ0) is 18.8. The Morgan fingerprint density at radius 2 is 1.85 bits per heavy atom. The molecule has 0 bridgehead atoms. The number of hydrogen-bond donors (Lipinski definition) is 0. The Balaban J connectivity index is 1.67. The summed E-state index contributed by atoms with van der Waals surface area (Å²) >= 11 is 0. The molecule has 144 valence electrons. The van der Waals surface area contributed by atoms with Crippen molar-refractivity contribution < 1.29 is 23.5 Å². The van der Waals surface area contributed by atoms with Gasteiger partial charge in [-0.25, -0.2) is 0 Å². The van der Waals surface area contributed by atoms with E-state index in [1.54, 1.807) is 7.11 Å². The van der Waals surface area contributed by atoms with Crippen LogP contribution in [-0.2, 0) is 25.4 Å².